The van der Waals surface area contributed by atoms with Gasteiger partial charge >= 0.3 is 5.97 Å². The van der Waals surface area contributed by atoms with Crippen LogP contribution < -0.4 is 0 Å². The Morgan fingerprint density at radius 3 is 2.82 bits per heavy atom. The molecule has 1 amide bonds. The van der Waals surface area contributed by atoms with E-state index in [1.54, 1.807) is 6.08 Å². The molecular formula is C24H28N6O3. The van der Waals surface area contributed by atoms with Crippen LogP contribution in [0.2, 0.25) is 0 Å². The van der Waals surface area contributed by atoms with Crippen LogP contribution in [0, 0.1) is 5.92 Å². The Kier molecular flexibility index (Phi) is 7.09. The predicted octanol–water partition coefficient (Wildman–Crippen LogP) is 1.95. The number of cyclic esters (lactones) is 1. The molecule has 1 fully saturated rings. The first-order valence-electron chi connectivity index (χ1n) is 11.1. The molecule has 9 heteroatoms. The summed E-state index contributed by atoms with van der Waals surface area (Å²) in [6.45, 7) is 10.1. The van der Waals surface area contributed by atoms with Crippen molar-refractivity contribution < 1.29 is 14.3 Å². The van der Waals surface area contributed by atoms with Crippen LogP contribution in [0.3, 0.4) is 0 Å². The molecule has 0 aliphatic carbocycles. The van der Waals surface area contributed by atoms with Gasteiger partial charge in [-0.25, -0.2) is 9.48 Å². The summed E-state index contributed by atoms with van der Waals surface area (Å²) in [6.07, 6.45) is 9.61. The first-order chi connectivity index (χ1) is 16.0. The van der Waals surface area contributed by atoms with E-state index in [1.807, 2.05) is 42.2 Å². The van der Waals surface area contributed by atoms with E-state index >= 15 is 0 Å². The van der Waals surface area contributed by atoms with Crippen LogP contribution in [0.4, 0.5) is 0 Å². The quantitative estimate of drug-likeness (QED) is 0.450. The summed E-state index contributed by atoms with van der Waals surface area (Å²) in [6, 6.07) is 5.94. The van der Waals surface area contributed by atoms with Crippen molar-refractivity contribution in [3.8, 4) is 0 Å². The van der Waals surface area contributed by atoms with E-state index in [0.29, 0.717) is 12.2 Å². The third kappa shape index (κ3) is 5.43. The molecule has 2 aliphatic heterocycles. The van der Waals surface area contributed by atoms with Gasteiger partial charge in [-0.2, -0.15) is 0 Å². The van der Waals surface area contributed by atoms with Gasteiger partial charge in [-0.05, 0) is 40.6 Å². The molecule has 3 heterocycles. The number of benzene rings is 1. The van der Waals surface area contributed by atoms with E-state index in [1.165, 1.54) is 16.6 Å². The number of fused-ring (bicyclic) bond motifs is 1. The normalized spacial score (nSPS) is 17.8. The van der Waals surface area contributed by atoms with Crippen LogP contribution in [0.5, 0.6) is 0 Å². The van der Waals surface area contributed by atoms with Crippen LogP contribution in [-0.4, -0.2) is 74.6 Å². The van der Waals surface area contributed by atoms with Crippen LogP contribution in [0.25, 0.3) is 5.70 Å². The van der Waals surface area contributed by atoms with Gasteiger partial charge in [0.2, 0.25) is 5.91 Å². The zero-order valence-electron chi connectivity index (χ0n) is 18.8. The maximum atomic E-state index is 12.8. The number of piperazine rings is 1. The molecule has 9 nitrogen and oxygen atoms in total. The summed E-state index contributed by atoms with van der Waals surface area (Å²) in [4.78, 5) is 28.7. The highest BCUT2D eigenvalue weighted by Gasteiger charge is 2.24. The number of hydrogen-bond donors (Lipinski definition) is 0. The molecule has 0 N–H and O–H groups in total. The molecule has 1 unspecified atom stereocenters. The lowest BCUT2D eigenvalue weighted by Gasteiger charge is -2.35. The van der Waals surface area contributed by atoms with Gasteiger partial charge in [0.1, 0.15) is 12.9 Å². The van der Waals surface area contributed by atoms with Crippen LogP contribution in [0.15, 0.2) is 55.4 Å². The zero-order chi connectivity index (χ0) is 23.2. The zero-order valence-corrected chi connectivity index (χ0v) is 18.8. The molecule has 0 radical (unpaired) electrons. The summed E-state index contributed by atoms with van der Waals surface area (Å²) < 4.78 is 6.59. The average Bonchev–Trinajstić information content (AvgIpc) is 3.50. The Hall–Kier alpha value is -3.59. The first-order valence-corrected chi connectivity index (χ1v) is 11.1. The fourth-order valence-electron chi connectivity index (χ4n) is 4.03. The highest BCUT2D eigenvalue weighted by Crippen LogP contribution is 2.21. The smallest absolute Gasteiger partial charge is 0.338 e. The molecule has 2 aromatic rings. The number of ether oxygens (including phenoxy) is 1. The number of rotatable bonds is 8. The summed E-state index contributed by atoms with van der Waals surface area (Å²) in [5.74, 6) is -0.319. The average molecular weight is 449 g/mol. The molecule has 1 atom stereocenters. The van der Waals surface area contributed by atoms with Crippen molar-refractivity contribution in [3.05, 3.63) is 72.1 Å². The third-order valence-corrected chi connectivity index (χ3v) is 6.03. The topological polar surface area (TPSA) is 93.5 Å². The summed E-state index contributed by atoms with van der Waals surface area (Å²) in [5, 5.41) is 11.1. The minimum absolute atomic E-state index is 0.130. The molecular weight excluding hydrogens is 420 g/mol. The minimum atomic E-state index is -0.230. The van der Waals surface area contributed by atoms with Crippen molar-refractivity contribution in [1.82, 2.24) is 30.0 Å². The van der Waals surface area contributed by atoms with Gasteiger partial charge < -0.3 is 9.64 Å². The van der Waals surface area contributed by atoms with Crippen molar-refractivity contribution in [2.24, 2.45) is 5.92 Å². The van der Waals surface area contributed by atoms with E-state index in [0.717, 1.165) is 50.4 Å². The largest absolute Gasteiger partial charge is 0.457 e. The molecule has 0 saturated carbocycles. The standard InChI is InChI=1S/C24H28N6O3/c1-3-21(30-17-25-26-27-30)6-4-5-18(2)23(31)29-13-11-28(12-14-29)10-9-19-7-8-22-20(15-19)16-33-24(22)32/h3-8,15,17-18H,1,9-14,16H2,2H3/b5-4+,21-6+. The van der Waals surface area contributed by atoms with E-state index in [4.69, 9.17) is 4.74 Å². The SMILES string of the molecule is C=C/C(=C\C=C\C(C)C(=O)N1CCN(CCc2ccc3c(c2)COC3=O)CC1)n1cnnn1. The number of amides is 1. The summed E-state index contributed by atoms with van der Waals surface area (Å²) in [5.41, 5.74) is 3.59. The number of esters is 1. The maximum Gasteiger partial charge on any atom is 0.338 e. The third-order valence-electron chi connectivity index (χ3n) is 6.03. The predicted molar refractivity (Wildman–Crippen MR) is 123 cm³/mol. The lowest BCUT2D eigenvalue weighted by atomic mass is 10.0. The lowest BCUT2D eigenvalue weighted by molar-refractivity contribution is -0.135. The summed E-state index contributed by atoms with van der Waals surface area (Å²) >= 11 is 0. The van der Waals surface area contributed by atoms with Gasteiger partial charge in [-0.1, -0.05) is 37.8 Å². The highest BCUT2D eigenvalue weighted by atomic mass is 16.5. The molecule has 1 saturated heterocycles. The molecule has 1 aromatic carbocycles. The molecule has 1 aromatic heterocycles. The number of tetrazole rings is 1. The van der Waals surface area contributed by atoms with Gasteiger partial charge in [0.25, 0.3) is 0 Å². The second kappa shape index (κ2) is 10.4. The number of nitrogens with zero attached hydrogens (tertiary/aromatic N) is 6. The van der Waals surface area contributed by atoms with E-state index in [9.17, 15) is 9.59 Å². The van der Waals surface area contributed by atoms with E-state index in [2.05, 4.69) is 33.1 Å². The van der Waals surface area contributed by atoms with Crippen molar-refractivity contribution in [3.63, 3.8) is 0 Å². The van der Waals surface area contributed by atoms with E-state index < -0.39 is 0 Å². The molecule has 0 spiro atoms. The number of carbonyl (C=O) groups is 2. The van der Waals surface area contributed by atoms with Gasteiger partial charge in [0.05, 0.1) is 17.2 Å². The fraction of sp³-hybridized carbons (Fsp3) is 0.375. The van der Waals surface area contributed by atoms with Crippen LogP contribution in [-0.2, 0) is 22.6 Å². The first kappa shape index (κ1) is 22.6. The monoisotopic (exact) mass is 448 g/mol. The van der Waals surface area contributed by atoms with Crippen LogP contribution >= 0.6 is 0 Å². The highest BCUT2D eigenvalue weighted by molar-refractivity contribution is 5.93. The van der Waals surface area contributed by atoms with Gasteiger partial charge in [-0.3, -0.25) is 9.69 Å². The Morgan fingerprint density at radius 1 is 1.27 bits per heavy atom. The summed E-state index contributed by atoms with van der Waals surface area (Å²) in [7, 11) is 0. The molecule has 2 aliphatic rings. The lowest BCUT2D eigenvalue weighted by Crippen LogP contribution is -2.50. The Balaban J connectivity index is 1.23. The minimum Gasteiger partial charge on any atom is -0.457 e. The number of carbonyl (C=O) groups excluding carboxylic acids is 2. The number of aromatic nitrogens is 4. The fourth-order valence-corrected chi connectivity index (χ4v) is 4.03. The Labute approximate surface area is 193 Å². The molecule has 33 heavy (non-hydrogen) atoms. The van der Waals surface area contributed by atoms with Crippen molar-refractivity contribution in [2.45, 2.75) is 20.0 Å². The Morgan fingerprint density at radius 2 is 2.09 bits per heavy atom. The van der Waals surface area contributed by atoms with Gasteiger partial charge in [0, 0.05) is 38.3 Å². The maximum absolute atomic E-state index is 12.8. The van der Waals surface area contributed by atoms with Gasteiger partial charge in [0.15, 0.2) is 0 Å². The van der Waals surface area contributed by atoms with E-state index in [-0.39, 0.29) is 17.8 Å². The van der Waals surface area contributed by atoms with Gasteiger partial charge in [-0.15, -0.1) is 5.10 Å². The number of hydrogen-bond acceptors (Lipinski definition) is 7. The second-order valence-electron chi connectivity index (χ2n) is 8.21. The van der Waals surface area contributed by atoms with Crippen LogP contribution in [0.1, 0.15) is 28.4 Å². The number of allylic oxidation sites excluding steroid dienone is 4. The van der Waals surface area contributed by atoms with Crippen molar-refractivity contribution in [1.29, 1.82) is 0 Å². The molecule has 0 bridgehead atoms. The Bertz CT molecular complexity index is 1070. The molecule has 172 valence electrons. The molecule has 4 rings (SSSR count). The van der Waals surface area contributed by atoms with Crippen molar-refractivity contribution >= 4 is 17.6 Å². The van der Waals surface area contributed by atoms with Crippen molar-refractivity contribution in [2.75, 3.05) is 32.7 Å². The second-order valence-corrected chi connectivity index (χ2v) is 8.21.